The summed E-state index contributed by atoms with van der Waals surface area (Å²) in [5.41, 5.74) is 1.46. The molecule has 5 heteroatoms. The Morgan fingerprint density at radius 1 is 1.35 bits per heavy atom. The molecule has 0 bridgehead atoms. The lowest BCUT2D eigenvalue weighted by Gasteiger charge is -2.08. The van der Waals surface area contributed by atoms with E-state index in [4.69, 9.17) is 11.6 Å². The second-order valence-electron chi connectivity index (χ2n) is 3.55. The number of carbonyl (C=O) groups excluding carboxylic acids is 1. The Bertz CT molecular complexity index is 370. The van der Waals surface area contributed by atoms with Crippen LogP contribution in [0.5, 0.6) is 0 Å². The number of nitrogens with one attached hydrogen (secondary N) is 2. The number of benzene rings is 1. The van der Waals surface area contributed by atoms with Crippen molar-refractivity contribution in [2.75, 3.05) is 19.6 Å². The minimum Gasteiger partial charge on any atom is -0.351 e. The van der Waals surface area contributed by atoms with Gasteiger partial charge in [-0.25, -0.2) is 0 Å². The molecule has 0 heterocycles. The highest BCUT2D eigenvalue weighted by Gasteiger charge is 2.10. The first-order chi connectivity index (χ1) is 7.66. The van der Waals surface area contributed by atoms with Gasteiger partial charge < -0.3 is 10.6 Å². The molecule has 0 spiro atoms. The van der Waals surface area contributed by atoms with Crippen molar-refractivity contribution in [1.82, 2.24) is 10.6 Å². The number of likely N-dealkylation sites (N-methyl/N-ethyl adjacent to an activating group) is 1. The third-order valence-corrected chi connectivity index (χ3v) is 2.78. The first-order valence-corrected chi connectivity index (χ1v) is 5.78. The van der Waals surface area contributed by atoms with Gasteiger partial charge in [0.1, 0.15) is 0 Å². The van der Waals surface area contributed by atoms with Crippen molar-refractivity contribution in [1.29, 1.82) is 0 Å². The molecule has 3 nitrogen and oxygen atoms in total. The molecule has 0 aliphatic heterocycles. The highest BCUT2D eigenvalue weighted by atomic mass is 35.5. The van der Waals surface area contributed by atoms with Crippen LogP contribution in [-0.4, -0.2) is 25.5 Å². The van der Waals surface area contributed by atoms with Crippen molar-refractivity contribution < 1.29 is 4.79 Å². The maximum atomic E-state index is 11.8. The van der Waals surface area contributed by atoms with E-state index in [0.29, 0.717) is 17.1 Å². The Morgan fingerprint density at radius 2 is 2.06 bits per heavy atom. The van der Waals surface area contributed by atoms with E-state index in [1.54, 1.807) is 6.07 Å². The van der Waals surface area contributed by atoms with Gasteiger partial charge in [0.2, 0.25) is 0 Å². The van der Waals surface area contributed by atoms with Gasteiger partial charge in [-0.05, 0) is 25.1 Å². The lowest BCUT2D eigenvalue weighted by molar-refractivity contribution is 0.0954. The maximum Gasteiger partial charge on any atom is 0.252 e. The fraction of sp³-hybridized carbons (Fsp3) is 0.417. The van der Waals surface area contributed by atoms with E-state index in [9.17, 15) is 4.79 Å². The van der Waals surface area contributed by atoms with Gasteiger partial charge in [0, 0.05) is 13.1 Å². The van der Waals surface area contributed by atoms with E-state index in [-0.39, 0.29) is 18.3 Å². The Morgan fingerprint density at radius 3 is 2.71 bits per heavy atom. The number of hydrogen-bond donors (Lipinski definition) is 2. The summed E-state index contributed by atoms with van der Waals surface area (Å²) in [7, 11) is 0. The van der Waals surface area contributed by atoms with Gasteiger partial charge in [-0.1, -0.05) is 30.7 Å². The van der Waals surface area contributed by atoms with E-state index >= 15 is 0 Å². The number of aryl methyl sites for hydroxylation is 1. The van der Waals surface area contributed by atoms with Gasteiger partial charge in [0.05, 0.1) is 10.6 Å². The van der Waals surface area contributed by atoms with Crippen LogP contribution in [-0.2, 0) is 0 Å². The number of carbonyl (C=O) groups is 1. The molecule has 17 heavy (non-hydrogen) atoms. The molecule has 0 aliphatic rings. The lowest BCUT2D eigenvalue weighted by Crippen LogP contribution is -2.31. The van der Waals surface area contributed by atoms with Gasteiger partial charge >= 0.3 is 0 Å². The second-order valence-corrected chi connectivity index (χ2v) is 3.92. The smallest absolute Gasteiger partial charge is 0.252 e. The van der Waals surface area contributed by atoms with Crippen LogP contribution in [0.4, 0.5) is 0 Å². The minimum atomic E-state index is -0.119. The quantitative estimate of drug-likeness (QED) is 0.811. The van der Waals surface area contributed by atoms with Gasteiger partial charge in [0.15, 0.2) is 0 Å². The van der Waals surface area contributed by atoms with Gasteiger partial charge in [-0.15, -0.1) is 12.4 Å². The molecule has 0 atom stereocenters. The third-order valence-electron chi connectivity index (χ3n) is 2.27. The molecule has 1 rings (SSSR count). The van der Waals surface area contributed by atoms with E-state index < -0.39 is 0 Å². The van der Waals surface area contributed by atoms with Gasteiger partial charge in [-0.3, -0.25) is 4.79 Å². The number of halogens is 2. The fourth-order valence-corrected chi connectivity index (χ4v) is 1.57. The molecule has 0 saturated carbocycles. The number of rotatable bonds is 5. The van der Waals surface area contributed by atoms with Crippen LogP contribution in [0.25, 0.3) is 0 Å². The SMILES string of the molecule is CCNCCNC(=O)c1cccc(C)c1Cl.Cl. The zero-order valence-electron chi connectivity index (χ0n) is 10.0. The van der Waals surface area contributed by atoms with Crippen molar-refractivity contribution in [3.8, 4) is 0 Å². The zero-order chi connectivity index (χ0) is 12.0. The third kappa shape index (κ3) is 4.94. The van der Waals surface area contributed by atoms with Crippen molar-refractivity contribution in [3.63, 3.8) is 0 Å². The molecule has 2 N–H and O–H groups in total. The summed E-state index contributed by atoms with van der Waals surface area (Å²) in [4.78, 5) is 11.8. The van der Waals surface area contributed by atoms with Crippen LogP contribution in [0.2, 0.25) is 5.02 Å². The van der Waals surface area contributed by atoms with Gasteiger partial charge in [0.25, 0.3) is 5.91 Å². The summed E-state index contributed by atoms with van der Waals surface area (Å²) >= 11 is 6.05. The highest BCUT2D eigenvalue weighted by Crippen LogP contribution is 2.19. The Hall–Kier alpha value is -0.770. The molecule has 0 aliphatic carbocycles. The Balaban J connectivity index is 0.00000256. The second kappa shape index (κ2) is 8.34. The minimum absolute atomic E-state index is 0. The first-order valence-electron chi connectivity index (χ1n) is 5.40. The largest absolute Gasteiger partial charge is 0.351 e. The molecular formula is C12H18Cl2N2O. The van der Waals surface area contributed by atoms with Crippen molar-refractivity contribution in [2.45, 2.75) is 13.8 Å². The molecule has 0 radical (unpaired) electrons. The summed E-state index contributed by atoms with van der Waals surface area (Å²) in [6.07, 6.45) is 0. The van der Waals surface area contributed by atoms with Crippen LogP contribution in [0.1, 0.15) is 22.8 Å². The molecule has 0 saturated heterocycles. The monoisotopic (exact) mass is 276 g/mol. The Kier molecular flexibility index (Phi) is 7.96. The number of amides is 1. The lowest BCUT2D eigenvalue weighted by atomic mass is 10.1. The molecular weight excluding hydrogens is 259 g/mol. The van der Waals surface area contributed by atoms with E-state index in [1.165, 1.54) is 0 Å². The summed E-state index contributed by atoms with van der Waals surface area (Å²) in [5.74, 6) is -0.119. The van der Waals surface area contributed by atoms with Crippen molar-refractivity contribution in [3.05, 3.63) is 34.3 Å². The normalized spacial score (nSPS) is 9.59. The Labute approximate surface area is 113 Å². The average molecular weight is 277 g/mol. The maximum absolute atomic E-state index is 11.8. The standard InChI is InChI=1S/C12H17ClN2O.ClH/c1-3-14-7-8-15-12(16)10-6-4-5-9(2)11(10)13;/h4-6,14H,3,7-8H2,1-2H3,(H,15,16);1H. The summed E-state index contributed by atoms with van der Waals surface area (Å²) in [6.45, 7) is 6.20. The van der Waals surface area contributed by atoms with E-state index in [1.807, 2.05) is 26.0 Å². The van der Waals surface area contributed by atoms with E-state index in [0.717, 1.165) is 18.7 Å². The fourth-order valence-electron chi connectivity index (χ4n) is 1.36. The topological polar surface area (TPSA) is 41.1 Å². The van der Waals surface area contributed by atoms with Gasteiger partial charge in [-0.2, -0.15) is 0 Å². The predicted octanol–water partition coefficient (Wildman–Crippen LogP) is 2.41. The average Bonchev–Trinajstić information content (AvgIpc) is 2.28. The molecule has 96 valence electrons. The number of hydrogen-bond acceptors (Lipinski definition) is 2. The van der Waals surface area contributed by atoms with E-state index in [2.05, 4.69) is 10.6 Å². The van der Waals surface area contributed by atoms with Crippen molar-refractivity contribution in [2.24, 2.45) is 0 Å². The van der Waals surface area contributed by atoms with Crippen LogP contribution in [0.3, 0.4) is 0 Å². The highest BCUT2D eigenvalue weighted by molar-refractivity contribution is 6.34. The summed E-state index contributed by atoms with van der Waals surface area (Å²) < 4.78 is 0. The first kappa shape index (κ1) is 16.2. The molecule has 1 aromatic rings. The summed E-state index contributed by atoms with van der Waals surface area (Å²) in [5, 5.41) is 6.48. The van der Waals surface area contributed by atoms with Crippen molar-refractivity contribution >= 4 is 29.9 Å². The zero-order valence-corrected chi connectivity index (χ0v) is 11.6. The molecule has 1 aromatic carbocycles. The van der Waals surface area contributed by atoms with Crippen LogP contribution in [0.15, 0.2) is 18.2 Å². The van der Waals surface area contributed by atoms with Crippen LogP contribution < -0.4 is 10.6 Å². The molecule has 0 fully saturated rings. The molecule has 0 unspecified atom stereocenters. The molecule has 1 amide bonds. The van der Waals surface area contributed by atoms with Crippen LogP contribution >= 0.6 is 24.0 Å². The molecule has 0 aromatic heterocycles. The summed E-state index contributed by atoms with van der Waals surface area (Å²) in [6, 6.07) is 5.45. The predicted molar refractivity (Wildman–Crippen MR) is 74.3 cm³/mol. The van der Waals surface area contributed by atoms with Crippen LogP contribution in [0, 0.1) is 6.92 Å².